The summed E-state index contributed by atoms with van der Waals surface area (Å²) in [5.74, 6) is 0.738. The van der Waals surface area contributed by atoms with Crippen LogP contribution in [-0.2, 0) is 12.8 Å². The zero-order valence-electron chi connectivity index (χ0n) is 11.4. The maximum absolute atomic E-state index is 13.3. The Morgan fingerprint density at radius 2 is 1.84 bits per heavy atom. The van der Waals surface area contributed by atoms with Crippen LogP contribution >= 0.6 is 0 Å². The minimum atomic E-state index is -0.676. The lowest BCUT2D eigenvalue weighted by Gasteiger charge is -2.26. The van der Waals surface area contributed by atoms with Crippen molar-refractivity contribution in [3.63, 3.8) is 0 Å². The smallest absolute Gasteiger partial charge is 0.108 e. The molecule has 1 saturated carbocycles. The molecule has 0 aromatic heterocycles. The third kappa shape index (κ3) is 3.08. The minimum absolute atomic E-state index is 0.415. The molecule has 0 saturated heterocycles. The molecule has 0 spiro atoms. The van der Waals surface area contributed by atoms with Gasteiger partial charge in [-0.3, -0.25) is 0 Å². The zero-order valence-corrected chi connectivity index (χ0v) is 11.4. The molecule has 1 atom stereocenters. The van der Waals surface area contributed by atoms with Gasteiger partial charge in [-0.2, -0.15) is 0 Å². The first-order chi connectivity index (χ1) is 9.20. The SMILES string of the molecule is NC1CCC(CNc2ccc3c(c2)CC(F)C3)CC1. The van der Waals surface area contributed by atoms with Gasteiger partial charge in [-0.05, 0) is 54.9 Å². The number of benzene rings is 1. The second-order valence-corrected chi connectivity index (χ2v) is 6.15. The summed E-state index contributed by atoms with van der Waals surface area (Å²) in [6.45, 7) is 1.02. The van der Waals surface area contributed by atoms with Crippen LogP contribution in [-0.4, -0.2) is 18.8 Å². The maximum Gasteiger partial charge on any atom is 0.108 e. The van der Waals surface area contributed by atoms with E-state index in [4.69, 9.17) is 5.73 Å². The van der Waals surface area contributed by atoms with E-state index in [9.17, 15) is 4.39 Å². The van der Waals surface area contributed by atoms with Crippen molar-refractivity contribution in [1.82, 2.24) is 0 Å². The van der Waals surface area contributed by atoms with Crippen molar-refractivity contribution in [3.05, 3.63) is 29.3 Å². The molecule has 2 nitrogen and oxygen atoms in total. The van der Waals surface area contributed by atoms with Crippen molar-refractivity contribution in [3.8, 4) is 0 Å². The van der Waals surface area contributed by atoms with Crippen LogP contribution in [0.1, 0.15) is 36.8 Å². The van der Waals surface area contributed by atoms with Gasteiger partial charge in [-0.1, -0.05) is 6.07 Å². The normalized spacial score (nSPS) is 30.1. The molecule has 1 fully saturated rings. The molecule has 0 aliphatic heterocycles. The van der Waals surface area contributed by atoms with Gasteiger partial charge < -0.3 is 11.1 Å². The molecule has 3 N–H and O–H groups in total. The van der Waals surface area contributed by atoms with Crippen LogP contribution in [0.15, 0.2) is 18.2 Å². The average molecular weight is 262 g/mol. The summed E-state index contributed by atoms with van der Waals surface area (Å²) in [6, 6.07) is 6.71. The van der Waals surface area contributed by atoms with Gasteiger partial charge in [0.25, 0.3) is 0 Å². The Bertz CT molecular complexity index is 438. The molecule has 2 aliphatic carbocycles. The summed E-state index contributed by atoms with van der Waals surface area (Å²) < 4.78 is 13.3. The van der Waals surface area contributed by atoms with Crippen molar-refractivity contribution < 1.29 is 4.39 Å². The Labute approximate surface area is 114 Å². The molecule has 1 aromatic carbocycles. The Hall–Kier alpha value is -1.09. The lowest BCUT2D eigenvalue weighted by Crippen LogP contribution is -2.29. The summed E-state index contributed by atoms with van der Waals surface area (Å²) in [4.78, 5) is 0. The third-order valence-corrected chi connectivity index (χ3v) is 4.58. The molecule has 104 valence electrons. The Balaban J connectivity index is 1.55. The molecule has 3 heteroatoms. The van der Waals surface area contributed by atoms with Crippen molar-refractivity contribution in [2.45, 2.75) is 50.7 Å². The number of fused-ring (bicyclic) bond motifs is 1. The van der Waals surface area contributed by atoms with Crippen molar-refractivity contribution in [2.75, 3.05) is 11.9 Å². The summed E-state index contributed by atoms with van der Waals surface area (Å²) in [5.41, 5.74) is 9.43. The number of halogens is 1. The second kappa shape index (κ2) is 5.49. The minimum Gasteiger partial charge on any atom is -0.385 e. The summed E-state index contributed by atoms with van der Waals surface area (Å²) in [6.07, 6.45) is 5.27. The number of nitrogens with one attached hydrogen (secondary N) is 1. The van der Waals surface area contributed by atoms with Crippen LogP contribution < -0.4 is 11.1 Å². The number of hydrogen-bond donors (Lipinski definition) is 2. The number of anilines is 1. The van der Waals surface area contributed by atoms with Gasteiger partial charge in [0.2, 0.25) is 0 Å². The van der Waals surface area contributed by atoms with E-state index >= 15 is 0 Å². The van der Waals surface area contributed by atoms with Crippen LogP contribution in [0.2, 0.25) is 0 Å². The van der Waals surface area contributed by atoms with Crippen molar-refractivity contribution >= 4 is 5.69 Å². The molecule has 1 aromatic rings. The first-order valence-corrected chi connectivity index (χ1v) is 7.46. The first kappa shape index (κ1) is 12.9. The fourth-order valence-electron chi connectivity index (χ4n) is 3.33. The van der Waals surface area contributed by atoms with Crippen LogP contribution in [0.5, 0.6) is 0 Å². The molecule has 0 amide bonds. The average Bonchev–Trinajstić information content (AvgIpc) is 2.77. The van der Waals surface area contributed by atoms with E-state index in [1.165, 1.54) is 24.0 Å². The van der Waals surface area contributed by atoms with Gasteiger partial charge in [0.1, 0.15) is 6.17 Å². The molecule has 2 aliphatic rings. The third-order valence-electron chi connectivity index (χ3n) is 4.58. The number of rotatable bonds is 3. The molecule has 0 bridgehead atoms. The van der Waals surface area contributed by atoms with E-state index in [1.807, 2.05) is 0 Å². The molecular formula is C16H23FN2. The Morgan fingerprint density at radius 3 is 2.63 bits per heavy atom. The molecule has 19 heavy (non-hydrogen) atoms. The standard InChI is InChI=1S/C16H23FN2/c17-14-7-12-3-6-16(9-13(12)8-14)19-10-11-1-4-15(18)5-2-11/h3,6,9,11,14-15,19H,1-2,4-5,7-8,10,18H2. The van der Waals surface area contributed by atoms with Crippen molar-refractivity contribution in [2.24, 2.45) is 11.7 Å². The van der Waals surface area contributed by atoms with E-state index in [0.717, 1.165) is 31.0 Å². The predicted molar refractivity (Wildman–Crippen MR) is 77.2 cm³/mol. The van der Waals surface area contributed by atoms with Crippen LogP contribution in [0, 0.1) is 5.92 Å². The summed E-state index contributed by atoms with van der Waals surface area (Å²) >= 11 is 0. The van der Waals surface area contributed by atoms with E-state index in [0.29, 0.717) is 18.9 Å². The highest BCUT2D eigenvalue weighted by molar-refractivity contribution is 5.50. The van der Waals surface area contributed by atoms with Gasteiger partial charge in [-0.25, -0.2) is 4.39 Å². The molecule has 1 unspecified atom stereocenters. The Morgan fingerprint density at radius 1 is 1.11 bits per heavy atom. The number of nitrogens with two attached hydrogens (primary N) is 1. The van der Waals surface area contributed by atoms with Crippen molar-refractivity contribution in [1.29, 1.82) is 0 Å². The highest BCUT2D eigenvalue weighted by Gasteiger charge is 2.21. The fraction of sp³-hybridized carbons (Fsp3) is 0.625. The molecule has 0 heterocycles. The lowest BCUT2D eigenvalue weighted by atomic mass is 9.86. The highest BCUT2D eigenvalue weighted by Crippen LogP contribution is 2.28. The first-order valence-electron chi connectivity index (χ1n) is 7.46. The van der Waals surface area contributed by atoms with Crippen LogP contribution in [0.25, 0.3) is 0 Å². The topological polar surface area (TPSA) is 38.0 Å². The quantitative estimate of drug-likeness (QED) is 0.878. The molecular weight excluding hydrogens is 239 g/mol. The summed E-state index contributed by atoms with van der Waals surface area (Å²) in [5, 5.41) is 3.51. The van der Waals surface area contributed by atoms with Crippen LogP contribution in [0.4, 0.5) is 10.1 Å². The van der Waals surface area contributed by atoms with Gasteiger partial charge in [0.15, 0.2) is 0 Å². The lowest BCUT2D eigenvalue weighted by molar-refractivity contribution is 0.339. The zero-order chi connectivity index (χ0) is 13.2. The van der Waals surface area contributed by atoms with Gasteiger partial charge >= 0.3 is 0 Å². The van der Waals surface area contributed by atoms with Gasteiger partial charge in [-0.15, -0.1) is 0 Å². The van der Waals surface area contributed by atoms with E-state index in [2.05, 4.69) is 23.5 Å². The monoisotopic (exact) mass is 262 g/mol. The van der Waals surface area contributed by atoms with Gasteiger partial charge in [0.05, 0.1) is 0 Å². The largest absolute Gasteiger partial charge is 0.385 e. The second-order valence-electron chi connectivity index (χ2n) is 6.15. The molecule has 3 rings (SSSR count). The van der Waals surface area contributed by atoms with Gasteiger partial charge in [0, 0.05) is 31.1 Å². The van der Waals surface area contributed by atoms with Crippen LogP contribution in [0.3, 0.4) is 0 Å². The Kier molecular flexibility index (Phi) is 3.74. The summed E-state index contributed by atoms with van der Waals surface area (Å²) in [7, 11) is 0. The number of hydrogen-bond acceptors (Lipinski definition) is 2. The van der Waals surface area contributed by atoms with E-state index in [1.54, 1.807) is 0 Å². The maximum atomic E-state index is 13.3. The highest BCUT2D eigenvalue weighted by atomic mass is 19.1. The van der Waals surface area contributed by atoms with E-state index < -0.39 is 6.17 Å². The fourth-order valence-corrected chi connectivity index (χ4v) is 3.33. The predicted octanol–water partition coefficient (Wildman–Crippen LogP) is 3.05. The van der Waals surface area contributed by atoms with E-state index in [-0.39, 0.29) is 0 Å². The molecule has 0 radical (unpaired) electrons. The number of alkyl halides is 1.